The normalized spacial score (nSPS) is 13.9. The lowest BCUT2D eigenvalue weighted by atomic mass is 9.86. The van der Waals surface area contributed by atoms with Gasteiger partial charge in [0.15, 0.2) is 0 Å². The summed E-state index contributed by atoms with van der Waals surface area (Å²) < 4.78 is 1.97. The molecule has 0 bridgehead atoms. The van der Waals surface area contributed by atoms with Gasteiger partial charge in [0.25, 0.3) is 5.91 Å². The molecule has 0 unspecified atom stereocenters. The van der Waals surface area contributed by atoms with Crippen molar-refractivity contribution < 1.29 is 4.79 Å². The lowest BCUT2D eigenvalue weighted by molar-refractivity contribution is 0.0764. The summed E-state index contributed by atoms with van der Waals surface area (Å²) in [5.41, 5.74) is 2.43. The highest BCUT2D eigenvalue weighted by Gasteiger charge is 2.30. The molecular weight excluding hydrogens is 300 g/mol. The fourth-order valence-electron chi connectivity index (χ4n) is 2.94. The van der Waals surface area contributed by atoms with E-state index in [1.54, 1.807) is 6.20 Å². The topological polar surface area (TPSA) is 61.9 Å². The summed E-state index contributed by atoms with van der Waals surface area (Å²) in [6.07, 6.45) is 3.83. The summed E-state index contributed by atoms with van der Waals surface area (Å²) in [6, 6.07) is 10.3. The molecule has 0 N–H and O–H groups in total. The Morgan fingerprint density at radius 1 is 1.29 bits per heavy atom. The van der Waals surface area contributed by atoms with Gasteiger partial charge in [-0.3, -0.25) is 4.79 Å². The molecule has 1 aromatic carbocycles. The van der Waals surface area contributed by atoms with E-state index < -0.39 is 5.41 Å². The molecule has 1 amide bonds. The highest BCUT2D eigenvalue weighted by molar-refractivity contribution is 5.93. The van der Waals surface area contributed by atoms with Gasteiger partial charge in [-0.25, -0.2) is 4.98 Å². The number of rotatable bonds is 5. The van der Waals surface area contributed by atoms with Crippen LogP contribution in [0.2, 0.25) is 0 Å². The molecule has 24 heavy (non-hydrogen) atoms. The van der Waals surface area contributed by atoms with Crippen LogP contribution in [0.15, 0.2) is 30.5 Å². The van der Waals surface area contributed by atoms with E-state index in [9.17, 15) is 10.1 Å². The van der Waals surface area contributed by atoms with Crippen molar-refractivity contribution in [2.45, 2.75) is 45.7 Å². The maximum absolute atomic E-state index is 12.4. The molecule has 0 spiro atoms. The minimum absolute atomic E-state index is 0.0110. The fourth-order valence-corrected chi connectivity index (χ4v) is 2.94. The van der Waals surface area contributed by atoms with Crippen LogP contribution in [0.3, 0.4) is 0 Å². The number of amides is 1. The van der Waals surface area contributed by atoms with E-state index in [4.69, 9.17) is 0 Å². The van der Waals surface area contributed by atoms with Crippen molar-refractivity contribution in [2.75, 3.05) is 6.54 Å². The predicted octanol–water partition coefficient (Wildman–Crippen LogP) is 3.56. The minimum Gasteiger partial charge on any atom is -0.318 e. The first-order valence-corrected chi connectivity index (χ1v) is 8.35. The molecule has 5 nitrogen and oxygen atoms in total. The molecule has 0 saturated carbocycles. The van der Waals surface area contributed by atoms with Crippen molar-refractivity contribution >= 4 is 5.91 Å². The van der Waals surface area contributed by atoms with Gasteiger partial charge in [0, 0.05) is 6.54 Å². The summed E-state index contributed by atoms with van der Waals surface area (Å²) in [5.74, 6) is 0.527. The predicted molar refractivity (Wildman–Crippen MR) is 92.2 cm³/mol. The zero-order valence-electron chi connectivity index (χ0n) is 14.4. The van der Waals surface area contributed by atoms with Gasteiger partial charge in [-0.15, -0.1) is 0 Å². The molecule has 0 saturated heterocycles. The molecule has 1 aliphatic heterocycles. The van der Waals surface area contributed by atoms with Crippen LogP contribution in [0.1, 0.15) is 49.8 Å². The first-order valence-electron chi connectivity index (χ1n) is 8.35. The van der Waals surface area contributed by atoms with Gasteiger partial charge in [-0.2, -0.15) is 5.26 Å². The molecular formula is C19H22N4O. The number of nitrogens with zero attached hydrogens (tertiary/aromatic N) is 4. The average Bonchev–Trinajstić information content (AvgIpc) is 3.13. The summed E-state index contributed by atoms with van der Waals surface area (Å²) in [7, 11) is 0. The molecule has 3 rings (SSSR count). The van der Waals surface area contributed by atoms with Crippen LogP contribution < -0.4 is 0 Å². The van der Waals surface area contributed by atoms with Crippen LogP contribution in [0.25, 0.3) is 11.3 Å². The number of nitriles is 1. The molecule has 0 fully saturated rings. The molecule has 124 valence electrons. The first kappa shape index (κ1) is 16.3. The Hall–Kier alpha value is -2.61. The Morgan fingerprint density at radius 3 is 2.62 bits per heavy atom. The van der Waals surface area contributed by atoms with Crippen molar-refractivity contribution in [1.29, 1.82) is 5.26 Å². The van der Waals surface area contributed by atoms with Crippen LogP contribution in [-0.4, -0.2) is 26.9 Å². The third-order valence-corrected chi connectivity index (χ3v) is 4.61. The lowest BCUT2D eigenvalue weighted by Crippen LogP contribution is -2.25. The second kappa shape index (κ2) is 6.12. The van der Waals surface area contributed by atoms with E-state index in [1.165, 1.54) is 0 Å². The first-order chi connectivity index (χ1) is 11.5. The highest BCUT2D eigenvalue weighted by Crippen LogP contribution is 2.29. The molecule has 0 atom stereocenters. The van der Waals surface area contributed by atoms with E-state index >= 15 is 0 Å². The van der Waals surface area contributed by atoms with Gasteiger partial charge in [0.2, 0.25) is 5.82 Å². The Labute approximate surface area is 142 Å². The van der Waals surface area contributed by atoms with Crippen LogP contribution in [0, 0.1) is 11.3 Å². The number of carbonyl (C=O) groups excluding carboxylic acids is 1. The quantitative estimate of drug-likeness (QED) is 0.845. The number of aromatic nitrogens is 2. The lowest BCUT2D eigenvalue weighted by Gasteiger charge is -2.17. The van der Waals surface area contributed by atoms with E-state index in [1.807, 2.05) is 47.6 Å². The van der Waals surface area contributed by atoms with Crippen molar-refractivity contribution in [1.82, 2.24) is 14.5 Å². The summed E-state index contributed by atoms with van der Waals surface area (Å²) in [5, 5.41) is 9.25. The molecule has 0 aliphatic carbocycles. The second-order valence-electron chi connectivity index (χ2n) is 6.77. The second-order valence-corrected chi connectivity index (χ2v) is 6.77. The summed E-state index contributed by atoms with van der Waals surface area (Å²) in [4.78, 5) is 18.5. The van der Waals surface area contributed by atoms with Gasteiger partial charge >= 0.3 is 0 Å². The fraction of sp³-hybridized carbons (Fsp3) is 0.421. The van der Waals surface area contributed by atoms with Gasteiger partial charge in [-0.05, 0) is 31.4 Å². The van der Waals surface area contributed by atoms with Crippen molar-refractivity contribution in [3.05, 3.63) is 41.9 Å². The van der Waals surface area contributed by atoms with Crippen LogP contribution in [0.5, 0.6) is 0 Å². The minimum atomic E-state index is -0.509. The Balaban J connectivity index is 1.88. The SMILES string of the molecule is CCCCN1Cn2c(-c3ccc(C(C)(C)C#N)cc3)cnc2C1=O. The van der Waals surface area contributed by atoms with Gasteiger partial charge < -0.3 is 9.47 Å². The number of benzene rings is 1. The van der Waals surface area contributed by atoms with Gasteiger partial charge in [0.1, 0.15) is 0 Å². The summed E-state index contributed by atoms with van der Waals surface area (Å²) >= 11 is 0. The standard InChI is InChI=1S/C19H22N4O/c1-4-5-10-22-13-23-16(11-21-17(23)18(22)24)14-6-8-15(9-7-14)19(2,3)12-20/h6-9,11H,4-5,10,13H2,1-3H3. The number of hydrogen-bond acceptors (Lipinski definition) is 3. The monoisotopic (exact) mass is 322 g/mol. The van der Waals surface area contributed by atoms with E-state index in [0.717, 1.165) is 36.2 Å². The van der Waals surface area contributed by atoms with Crippen LogP contribution in [0.4, 0.5) is 0 Å². The number of fused-ring (bicyclic) bond motifs is 1. The molecule has 2 heterocycles. The number of carbonyl (C=O) groups is 1. The Morgan fingerprint density at radius 2 is 2.00 bits per heavy atom. The molecule has 1 aliphatic rings. The van der Waals surface area contributed by atoms with Gasteiger partial charge in [-0.1, -0.05) is 37.6 Å². The summed E-state index contributed by atoms with van der Waals surface area (Å²) in [6.45, 7) is 7.27. The third-order valence-electron chi connectivity index (χ3n) is 4.61. The molecule has 1 aromatic heterocycles. The molecule has 0 radical (unpaired) electrons. The van der Waals surface area contributed by atoms with E-state index in [2.05, 4.69) is 18.0 Å². The smallest absolute Gasteiger partial charge is 0.291 e. The third kappa shape index (κ3) is 2.69. The van der Waals surface area contributed by atoms with E-state index in [0.29, 0.717) is 12.5 Å². The zero-order valence-corrected chi connectivity index (χ0v) is 14.4. The number of imidazole rings is 1. The van der Waals surface area contributed by atoms with Gasteiger partial charge in [0.05, 0.1) is 30.0 Å². The molecule has 2 aromatic rings. The van der Waals surface area contributed by atoms with Crippen molar-refractivity contribution in [3.63, 3.8) is 0 Å². The number of unbranched alkanes of at least 4 members (excludes halogenated alkanes) is 1. The largest absolute Gasteiger partial charge is 0.318 e. The molecule has 5 heteroatoms. The van der Waals surface area contributed by atoms with E-state index in [-0.39, 0.29) is 5.91 Å². The van der Waals surface area contributed by atoms with Crippen LogP contribution in [-0.2, 0) is 12.1 Å². The highest BCUT2D eigenvalue weighted by atomic mass is 16.2. The van der Waals surface area contributed by atoms with Crippen molar-refractivity contribution in [3.8, 4) is 17.3 Å². The maximum atomic E-state index is 12.4. The Kier molecular flexibility index (Phi) is 4.15. The number of hydrogen-bond donors (Lipinski definition) is 0. The maximum Gasteiger partial charge on any atom is 0.291 e. The van der Waals surface area contributed by atoms with Crippen molar-refractivity contribution in [2.24, 2.45) is 0 Å². The zero-order chi connectivity index (χ0) is 17.3. The average molecular weight is 322 g/mol. The Bertz CT molecular complexity index is 796. The van der Waals surface area contributed by atoms with Crippen LogP contribution >= 0.6 is 0 Å².